The van der Waals surface area contributed by atoms with Crippen LogP contribution < -0.4 is 9.64 Å². The van der Waals surface area contributed by atoms with Gasteiger partial charge < -0.3 is 23.8 Å². The summed E-state index contributed by atoms with van der Waals surface area (Å²) in [5.74, 6) is 0.804. The Bertz CT molecular complexity index is 1540. The van der Waals surface area contributed by atoms with E-state index in [0.29, 0.717) is 6.54 Å². The van der Waals surface area contributed by atoms with E-state index in [2.05, 4.69) is 34.1 Å². The van der Waals surface area contributed by atoms with Gasteiger partial charge in [-0.05, 0) is 67.8 Å². The summed E-state index contributed by atoms with van der Waals surface area (Å²) in [6.07, 6.45) is 7.41. The van der Waals surface area contributed by atoms with Gasteiger partial charge in [0.2, 0.25) is 5.91 Å². The largest absolute Gasteiger partial charge is 0.495 e. The fourth-order valence-electron chi connectivity index (χ4n) is 5.37. The Labute approximate surface area is 228 Å². The van der Waals surface area contributed by atoms with Crippen LogP contribution in [0.3, 0.4) is 0 Å². The zero-order valence-corrected chi connectivity index (χ0v) is 22.5. The maximum atomic E-state index is 13.4. The van der Waals surface area contributed by atoms with Crippen molar-refractivity contribution in [1.29, 1.82) is 0 Å². The van der Waals surface area contributed by atoms with E-state index >= 15 is 0 Å². The molecule has 2 aromatic heterocycles. The van der Waals surface area contributed by atoms with E-state index in [1.807, 2.05) is 52.9 Å². The zero-order chi connectivity index (χ0) is 26.8. The molecule has 2 aromatic carbocycles. The van der Waals surface area contributed by atoms with Crippen LogP contribution in [-0.2, 0) is 16.1 Å². The minimum absolute atomic E-state index is 0.0686. The number of carbonyl (C=O) groups excluding carboxylic acids is 1. The van der Waals surface area contributed by atoms with E-state index in [-0.39, 0.29) is 5.91 Å². The Kier molecular flexibility index (Phi) is 7.02. The number of morpholine rings is 1. The van der Waals surface area contributed by atoms with Gasteiger partial charge in [-0.3, -0.25) is 9.78 Å². The number of pyridine rings is 1. The lowest BCUT2D eigenvalue weighted by Gasteiger charge is -2.29. The number of rotatable bonds is 6. The predicted molar refractivity (Wildman–Crippen MR) is 152 cm³/mol. The van der Waals surface area contributed by atoms with Crippen LogP contribution in [-0.4, -0.2) is 65.3 Å². The first-order valence-electron chi connectivity index (χ1n) is 13.5. The van der Waals surface area contributed by atoms with Gasteiger partial charge in [0, 0.05) is 42.5 Å². The van der Waals surface area contributed by atoms with Crippen molar-refractivity contribution >= 4 is 28.6 Å². The number of carbonyl (C=O) groups is 1. The van der Waals surface area contributed by atoms with Crippen molar-refractivity contribution in [3.8, 4) is 11.4 Å². The molecule has 2 fully saturated rings. The maximum absolute atomic E-state index is 13.4. The summed E-state index contributed by atoms with van der Waals surface area (Å²) in [7, 11) is 1.66. The minimum atomic E-state index is 0.0686. The molecular weight excluding hydrogens is 490 g/mol. The predicted octanol–water partition coefficient (Wildman–Crippen LogP) is 4.78. The van der Waals surface area contributed by atoms with Crippen molar-refractivity contribution in [1.82, 2.24) is 19.4 Å². The number of ether oxygens (including phenoxy) is 2. The lowest BCUT2D eigenvalue weighted by Crippen LogP contribution is -2.36. The summed E-state index contributed by atoms with van der Waals surface area (Å²) in [5.41, 5.74) is 6.66. The molecule has 0 saturated carbocycles. The van der Waals surface area contributed by atoms with E-state index in [4.69, 9.17) is 14.5 Å². The molecule has 2 aliphatic heterocycles. The number of piperidine rings is 1. The van der Waals surface area contributed by atoms with Crippen LogP contribution in [0.1, 0.15) is 29.8 Å². The van der Waals surface area contributed by atoms with Crippen LogP contribution in [0.4, 0.5) is 5.69 Å². The second-order valence-electron chi connectivity index (χ2n) is 10.1. The summed E-state index contributed by atoms with van der Waals surface area (Å²) in [5, 5.41) is 1.11. The van der Waals surface area contributed by atoms with Gasteiger partial charge in [-0.1, -0.05) is 12.1 Å². The monoisotopic (exact) mass is 523 g/mol. The number of aromatic nitrogens is 3. The average Bonchev–Trinajstić information content (AvgIpc) is 3.41. The standard InChI is InChI=1S/C31H33N5O3/c1-22-19-36(21-32-22)29-10-5-23(17-30(29)38-2)16-25-4-3-11-35(31(25)37)20-26-7-6-24-18-27(8-9-28(24)33-26)34-12-14-39-15-13-34/h5-10,16-19,21H,3-4,11-15,20H2,1-2H3. The number of amides is 1. The molecule has 39 heavy (non-hydrogen) atoms. The van der Waals surface area contributed by atoms with Crippen LogP contribution in [0.25, 0.3) is 22.7 Å². The lowest BCUT2D eigenvalue weighted by atomic mass is 10.00. The molecule has 0 atom stereocenters. The molecule has 0 unspecified atom stereocenters. The van der Waals surface area contributed by atoms with Gasteiger partial charge >= 0.3 is 0 Å². The average molecular weight is 524 g/mol. The van der Waals surface area contributed by atoms with Gasteiger partial charge in [0.15, 0.2) is 0 Å². The molecule has 6 rings (SSSR count). The molecule has 2 saturated heterocycles. The summed E-state index contributed by atoms with van der Waals surface area (Å²) in [6.45, 7) is 6.53. The third-order valence-electron chi connectivity index (χ3n) is 7.43. The summed E-state index contributed by atoms with van der Waals surface area (Å²) in [6, 6.07) is 16.5. The second kappa shape index (κ2) is 10.9. The van der Waals surface area contributed by atoms with Crippen LogP contribution >= 0.6 is 0 Å². The van der Waals surface area contributed by atoms with E-state index in [9.17, 15) is 4.79 Å². The fraction of sp³-hybridized carbons (Fsp3) is 0.323. The number of methoxy groups -OCH3 is 1. The van der Waals surface area contributed by atoms with Gasteiger partial charge in [-0.15, -0.1) is 0 Å². The van der Waals surface area contributed by atoms with Crippen molar-refractivity contribution in [3.63, 3.8) is 0 Å². The van der Waals surface area contributed by atoms with Crippen molar-refractivity contribution < 1.29 is 14.3 Å². The number of hydrogen-bond acceptors (Lipinski definition) is 6. The molecule has 2 aliphatic rings. The van der Waals surface area contributed by atoms with Gasteiger partial charge in [-0.2, -0.15) is 0 Å². The topological polar surface area (TPSA) is 72.7 Å². The summed E-state index contributed by atoms with van der Waals surface area (Å²) < 4.78 is 13.1. The van der Waals surface area contributed by atoms with Crippen molar-refractivity contribution in [3.05, 3.63) is 83.6 Å². The Balaban J connectivity index is 1.18. The van der Waals surface area contributed by atoms with E-state index < -0.39 is 0 Å². The first-order chi connectivity index (χ1) is 19.1. The van der Waals surface area contributed by atoms with Gasteiger partial charge in [0.25, 0.3) is 0 Å². The molecule has 8 nitrogen and oxygen atoms in total. The first kappa shape index (κ1) is 25.1. The number of aryl methyl sites for hydroxylation is 1. The van der Waals surface area contributed by atoms with E-state index in [1.54, 1.807) is 13.4 Å². The molecule has 0 bridgehead atoms. The van der Waals surface area contributed by atoms with Crippen molar-refractivity contribution in [2.75, 3.05) is 44.9 Å². The van der Waals surface area contributed by atoms with Gasteiger partial charge in [-0.25, -0.2) is 4.98 Å². The number of likely N-dealkylation sites (tertiary alicyclic amines) is 1. The summed E-state index contributed by atoms with van der Waals surface area (Å²) >= 11 is 0. The van der Waals surface area contributed by atoms with E-state index in [1.165, 1.54) is 5.69 Å². The Morgan fingerprint density at radius 2 is 1.92 bits per heavy atom. The van der Waals surface area contributed by atoms with E-state index in [0.717, 1.165) is 90.6 Å². The zero-order valence-electron chi connectivity index (χ0n) is 22.5. The molecular formula is C31H33N5O3. The highest BCUT2D eigenvalue weighted by molar-refractivity contribution is 5.98. The van der Waals surface area contributed by atoms with Crippen LogP contribution in [0.15, 0.2) is 66.6 Å². The quantitative estimate of drug-likeness (QED) is 0.339. The number of imidazole rings is 1. The molecule has 4 heterocycles. The molecule has 4 aromatic rings. The van der Waals surface area contributed by atoms with Crippen LogP contribution in [0.2, 0.25) is 0 Å². The van der Waals surface area contributed by atoms with Crippen molar-refractivity contribution in [2.24, 2.45) is 0 Å². The Morgan fingerprint density at radius 1 is 1.05 bits per heavy atom. The first-order valence-corrected chi connectivity index (χ1v) is 13.5. The molecule has 200 valence electrons. The molecule has 8 heteroatoms. The number of hydrogen-bond donors (Lipinski definition) is 0. The van der Waals surface area contributed by atoms with Crippen LogP contribution in [0, 0.1) is 6.92 Å². The van der Waals surface area contributed by atoms with Crippen molar-refractivity contribution in [2.45, 2.75) is 26.3 Å². The lowest BCUT2D eigenvalue weighted by molar-refractivity contribution is -0.129. The Morgan fingerprint density at radius 3 is 2.72 bits per heavy atom. The van der Waals surface area contributed by atoms with Gasteiger partial charge in [0.1, 0.15) is 5.75 Å². The number of anilines is 1. The normalized spacial score (nSPS) is 17.3. The molecule has 0 aliphatic carbocycles. The highest BCUT2D eigenvalue weighted by atomic mass is 16.5. The second-order valence-corrected chi connectivity index (χ2v) is 10.1. The van der Waals surface area contributed by atoms with Crippen LogP contribution in [0.5, 0.6) is 5.75 Å². The van der Waals surface area contributed by atoms with Gasteiger partial charge in [0.05, 0.1) is 55.8 Å². The smallest absolute Gasteiger partial charge is 0.250 e. The SMILES string of the molecule is COc1cc(C=C2CCCN(Cc3ccc4cc(N5CCOCC5)ccc4n3)C2=O)ccc1-n1cnc(C)c1. The minimum Gasteiger partial charge on any atom is -0.495 e. The highest BCUT2D eigenvalue weighted by Gasteiger charge is 2.24. The third kappa shape index (κ3) is 5.38. The molecule has 0 spiro atoms. The summed E-state index contributed by atoms with van der Waals surface area (Å²) in [4.78, 5) is 26.9. The fourth-order valence-corrected chi connectivity index (χ4v) is 5.37. The highest BCUT2D eigenvalue weighted by Crippen LogP contribution is 2.28. The third-order valence-corrected chi connectivity index (χ3v) is 7.43. The number of fused-ring (bicyclic) bond motifs is 1. The molecule has 0 N–H and O–H groups in total. The number of nitrogens with zero attached hydrogens (tertiary/aromatic N) is 5. The maximum Gasteiger partial charge on any atom is 0.250 e. The Hall–Kier alpha value is -4.17. The molecule has 0 radical (unpaired) electrons. The molecule has 1 amide bonds. The number of benzene rings is 2.